The number of oxazole rings is 1. The van der Waals surface area contributed by atoms with Crippen molar-refractivity contribution in [3.8, 4) is 0 Å². The minimum Gasteiger partial charge on any atom is -0.448 e. The summed E-state index contributed by atoms with van der Waals surface area (Å²) in [5.74, 6) is 2.79. The van der Waals surface area contributed by atoms with Gasteiger partial charge in [-0.2, -0.15) is 11.8 Å². The Morgan fingerprint density at radius 1 is 1.73 bits per heavy atom. The van der Waals surface area contributed by atoms with E-state index in [4.69, 9.17) is 10.2 Å². The molecule has 0 radical (unpaired) electrons. The molecule has 4 heteroatoms. The molecular formula is C7H12N2OS. The first kappa shape index (κ1) is 8.62. The van der Waals surface area contributed by atoms with Crippen LogP contribution in [0.3, 0.4) is 0 Å². The Kier molecular flexibility index (Phi) is 3.45. The standard InChI is InChI=1S/C7H12N2OS/c1-6-7(9-5-10-6)4-11-3-2-8/h5H,2-4,8H2,1H3. The van der Waals surface area contributed by atoms with E-state index in [9.17, 15) is 0 Å². The van der Waals surface area contributed by atoms with Crippen molar-refractivity contribution in [3.05, 3.63) is 17.8 Å². The summed E-state index contributed by atoms with van der Waals surface area (Å²) >= 11 is 1.78. The van der Waals surface area contributed by atoms with Crippen LogP contribution in [-0.2, 0) is 5.75 Å². The van der Waals surface area contributed by atoms with Crippen molar-refractivity contribution < 1.29 is 4.42 Å². The van der Waals surface area contributed by atoms with Crippen molar-refractivity contribution >= 4 is 11.8 Å². The van der Waals surface area contributed by atoms with Crippen LogP contribution in [0.15, 0.2) is 10.8 Å². The molecule has 1 rings (SSSR count). The molecule has 0 saturated heterocycles. The van der Waals surface area contributed by atoms with Crippen LogP contribution in [0, 0.1) is 6.92 Å². The van der Waals surface area contributed by atoms with Crippen LogP contribution in [0.1, 0.15) is 11.5 Å². The van der Waals surface area contributed by atoms with Crippen LogP contribution < -0.4 is 5.73 Å². The number of hydrogen-bond acceptors (Lipinski definition) is 4. The van der Waals surface area contributed by atoms with Crippen molar-refractivity contribution in [2.45, 2.75) is 12.7 Å². The number of aryl methyl sites for hydroxylation is 1. The molecule has 0 bridgehead atoms. The fraction of sp³-hybridized carbons (Fsp3) is 0.571. The predicted molar refractivity (Wildman–Crippen MR) is 46.5 cm³/mol. The molecule has 62 valence electrons. The number of hydrogen-bond donors (Lipinski definition) is 1. The van der Waals surface area contributed by atoms with Crippen LogP contribution >= 0.6 is 11.8 Å². The number of nitrogens with zero attached hydrogens (tertiary/aromatic N) is 1. The second-order valence-electron chi connectivity index (χ2n) is 2.20. The minimum absolute atomic E-state index is 0.724. The molecular weight excluding hydrogens is 160 g/mol. The third-order valence-corrected chi connectivity index (χ3v) is 2.35. The van der Waals surface area contributed by atoms with E-state index in [-0.39, 0.29) is 0 Å². The Morgan fingerprint density at radius 3 is 3.09 bits per heavy atom. The lowest BCUT2D eigenvalue weighted by Gasteiger charge is -1.95. The van der Waals surface area contributed by atoms with Crippen LogP contribution in [0.2, 0.25) is 0 Å². The van der Waals surface area contributed by atoms with Crippen molar-refractivity contribution in [2.24, 2.45) is 5.73 Å². The molecule has 1 heterocycles. The lowest BCUT2D eigenvalue weighted by molar-refractivity contribution is 0.525. The normalized spacial score (nSPS) is 10.4. The van der Waals surface area contributed by atoms with Gasteiger partial charge in [0.1, 0.15) is 5.76 Å². The summed E-state index contributed by atoms with van der Waals surface area (Å²) in [6.45, 7) is 2.65. The zero-order chi connectivity index (χ0) is 8.10. The van der Waals surface area contributed by atoms with Gasteiger partial charge in [-0.05, 0) is 6.92 Å². The fourth-order valence-electron chi connectivity index (χ4n) is 0.719. The third-order valence-electron chi connectivity index (χ3n) is 1.35. The van der Waals surface area contributed by atoms with Gasteiger partial charge in [-0.25, -0.2) is 4.98 Å². The summed E-state index contributed by atoms with van der Waals surface area (Å²) in [7, 11) is 0. The van der Waals surface area contributed by atoms with Crippen LogP contribution in [0.4, 0.5) is 0 Å². The van der Waals surface area contributed by atoms with Crippen LogP contribution in [-0.4, -0.2) is 17.3 Å². The average molecular weight is 172 g/mol. The van der Waals surface area contributed by atoms with Gasteiger partial charge in [-0.1, -0.05) is 0 Å². The van der Waals surface area contributed by atoms with Gasteiger partial charge in [0.2, 0.25) is 0 Å². The first-order valence-electron chi connectivity index (χ1n) is 3.51. The molecule has 0 fully saturated rings. The van der Waals surface area contributed by atoms with E-state index in [0.29, 0.717) is 0 Å². The highest BCUT2D eigenvalue weighted by molar-refractivity contribution is 7.98. The van der Waals surface area contributed by atoms with E-state index in [1.807, 2.05) is 6.92 Å². The van der Waals surface area contributed by atoms with E-state index in [0.717, 1.165) is 29.5 Å². The Bertz CT molecular complexity index is 212. The smallest absolute Gasteiger partial charge is 0.181 e. The van der Waals surface area contributed by atoms with E-state index < -0.39 is 0 Å². The zero-order valence-electron chi connectivity index (χ0n) is 6.54. The number of nitrogens with two attached hydrogens (primary N) is 1. The monoisotopic (exact) mass is 172 g/mol. The third kappa shape index (κ3) is 2.55. The predicted octanol–water partition coefficient (Wildman–Crippen LogP) is 1.17. The SMILES string of the molecule is Cc1ocnc1CSCCN. The molecule has 1 aromatic rings. The summed E-state index contributed by atoms with van der Waals surface area (Å²) < 4.78 is 5.04. The molecule has 1 aromatic heterocycles. The van der Waals surface area contributed by atoms with Gasteiger partial charge < -0.3 is 10.2 Å². The molecule has 0 aromatic carbocycles. The molecule has 0 saturated carbocycles. The van der Waals surface area contributed by atoms with Gasteiger partial charge in [0.15, 0.2) is 6.39 Å². The fourth-order valence-corrected chi connectivity index (χ4v) is 1.50. The van der Waals surface area contributed by atoms with E-state index in [1.54, 1.807) is 11.8 Å². The van der Waals surface area contributed by atoms with Gasteiger partial charge in [-0.3, -0.25) is 0 Å². The number of aromatic nitrogens is 1. The van der Waals surface area contributed by atoms with Gasteiger partial charge in [0, 0.05) is 18.1 Å². The van der Waals surface area contributed by atoms with Gasteiger partial charge in [0.05, 0.1) is 5.69 Å². The van der Waals surface area contributed by atoms with E-state index in [1.165, 1.54) is 6.39 Å². The Morgan fingerprint density at radius 2 is 2.55 bits per heavy atom. The molecule has 11 heavy (non-hydrogen) atoms. The highest BCUT2D eigenvalue weighted by Crippen LogP contribution is 2.12. The summed E-state index contributed by atoms with van der Waals surface area (Å²) in [5.41, 5.74) is 6.37. The molecule has 0 unspecified atom stereocenters. The van der Waals surface area contributed by atoms with Gasteiger partial charge in [-0.15, -0.1) is 0 Å². The molecule has 0 aliphatic rings. The summed E-state index contributed by atoms with van der Waals surface area (Å²) in [6.07, 6.45) is 1.48. The molecule has 0 aliphatic heterocycles. The Balaban J connectivity index is 2.32. The zero-order valence-corrected chi connectivity index (χ0v) is 7.36. The molecule has 3 nitrogen and oxygen atoms in total. The summed E-state index contributed by atoms with van der Waals surface area (Å²) in [4.78, 5) is 4.06. The Hall–Kier alpha value is -0.480. The molecule has 0 aliphatic carbocycles. The second kappa shape index (κ2) is 4.41. The maximum absolute atomic E-state index is 5.34. The van der Waals surface area contributed by atoms with Crippen molar-refractivity contribution in [1.29, 1.82) is 0 Å². The second-order valence-corrected chi connectivity index (χ2v) is 3.30. The lowest BCUT2D eigenvalue weighted by atomic mass is 10.4. The maximum Gasteiger partial charge on any atom is 0.181 e. The van der Waals surface area contributed by atoms with Gasteiger partial charge in [0.25, 0.3) is 0 Å². The maximum atomic E-state index is 5.34. The van der Waals surface area contributed by atoms with Crippen molar-refractivity contribution in [1.82, 2.24) is 4.98 Å². The number of rotatable bonds is 4. The Labute approximate surface area is 70.4 Å². The molecule has 0 amide bonds. The molecule has 0 spiro atoms. The highest BCUT2D eigenvalue weighted by atomic mass is 32.2. The number of thioether (sulfide) groups is 1. The summed E-state index contributed by atoms with van der Waals surface area (Å²) in [6, 6.07) is 0. The summed E-state index contributed by atoms with van der Waals surface area (Å²) in [5, 5.41) is 0. The minimum atomic E-state index is 0.724. The largest absolute Gasteiger partial charge is 0.448 e. The quantitative estimate of drug-likeness (QED) is 0.693. The van der Waals surface area contributed by atoms with Crippen LogP contribution in [0.5, 0.6) is 0 Å². The van der Waals surface area contributed by atoms with E-state index in [2.05, 4.69) is 4.98 Å². The molecule has 0 atom stereocenters. The van der Waals surface area contributed by atoms with Crippen LogP contribution in [0.25, 0.3) is 0 Å². The topological polar surface area (TPSA) is 52.0 Å². The van der Waals surface area contributed by atoms with Gasteiger partial charge >= 0.3 is 0 Å². The average Bonchev–Trinajstić information content (AvgIpc) is 2.37. The highest BCUT2D eigenvalue weighted by Gasteiger charge is 2.01. The van der Waals surface area contributed by atoms with Crippen molar-refractivity contribution in [2.75, 3.05) is 12.3 Å². The molecule has 2 N–H and O–H groups in total. The lowest BCUT2D eigenvalue weighted by Crippen LogP contribution is -2.01. The van der Waals surface area contributed by atoms with E-state index >= 15 is 0 Å². The van der Waals surface area contributed by atoms with Crippen molar-refractivity contribution in [3.63, 3.8) is 0 Å². The first-order valence-corrected chi connectivity index (χ1v) is 4.67. The first-order chi connectivity index (χ1) is 5.34.